The Morgan fingerprint density at radius 1 is 0.923 bits per heavy atom. The van der Waals surface area contributed by atoms with Crippen molar-refractivity contribution in [3.05, 3.63) is 121 Å². The molecule has 1 N–H and O–H groups in total. The van der Waals surface area contributed by atoms with Crippen molar-refractivity contribution in [2.45, 2.75) is 60.1 Å². The van der Waals surface area contributed by atoms with Gasteiger partial charge in [-0.15, -0.1) is 24.9 Å². The molecule has 3 aromatic carbocycles. The van der Waals surface area contributed by atoms with E-state index in [-0.39, 0.29) is 41.0 Å². The molecule has 3 saturated heterocycles. The van der Waals surface area contributed by atoms with E-state index in [2.05, 4.69) is 47.8 Å². The molecule has 1 spiro atoms. The number of fused-ring (bicyclic) bond motifs is 1. The third-order valence-electron chi connectivity index (χ3n) is 10.9. The highest BCUT2D eigenvalue weighted by atomic mass is 79.9. The summed E-state index contributed by atoms with van der Waals surface area (Å²) in [6.07, 6.45) is 4.34. The molecule has 3 heterocycles. The van der Waals surface area contributed by atoms with Crippen molar-refractivity contribution in [1.82, 2.24) is 9.80 Å². The highest BCUT2D eigenvalue weighted by molar-refractivity contribution is 9.09. The lowest BCUT2D eigenvalue weighted by Crippen LogP contribution is -2.58. The molecule has 2 bridgehead atoms. The molecule has 3 aliphatic rings. The fourth-order valence-electron chi connectivity index (χ4n) is 8.59. The van der Waals surface area contributed by atoms with Crippen LogP contribution in [0.25, 0.3) is 0 Å². The average Bonchev–Trinajstić information content (AvgIpc) is 3.77. The van der Waals surface area contributed by atoms with E-state index in [4.69, 9.17) is 0 Å². The predicted molar refractivity (Wildman–Crippen MR) is 215 cm³/mol. The fourth-order valence-corrected chi connectivity index (χ4v) is 12.2. The maximum absolute atomic E-state index is 15.3. The Balaban J connectivity index is 1.43. The predicted octanol–water partition coefficient (Wildman–Crippen LogP) is 6.33. The number of alkyl halides is 1. The van der Waals surface area contributed by atoms with Gasteiger partial charge in [-0.25, -0.2) is 0 Å². The first-order valence-electron chi connectivity index (χ1n) is 18.2. The molecule has 0 radical (unpaired) electrons. The minimum absolute atomic E-state index is 0.0871. The van der Waals surface area contributed by atoms with E-state index in [1.807, 2.05) is 84.9 Å². The minimum Gasteiger partial charge on any atom is -0.394 e. The quantitative estimate of drug-likeness (QED) is 0.135. The molecule has 0 aromatic heterocycles. The molecule has 3 aromatic rings. The Labute approximate surface area is 320 Å². The second-order valence-corrected chi connectivity index (χ2v) is 16.6. The number of carbonyl (C=O) groups is 3. The van der Waals surface area contributed by atoms with Crippen LogP contribution < -0.4 is 9.80 Å². The van der Waals surface area contributed by atoms with Gasteiger partial charge in [-0.2, -0.15) is 0 Å². The molecular formula is C42H49BrN4O4S. The van der Waals surface area contributed by atoms with Crippen LogP contribution in [0.3, 0.4) is 0 Å². The van der Waals surface area contributed by atoms with E-state index in [0.717, 1.165) is 29.9 Å². The number of amides is 3. The van der Waals surface area contributed by atoms with Gasteiger partial charge in [-0.1, -0.05) is 88.7 Å². The molecule has 10 heteroatoms. The van der Waals surface area contributed by atoms with E-state index in [9.17, 15) is 9.90 Å². The van der Waals surface area contributed by atoms with Crippen LogP contribution in [0.15, 0.2) is 110 Å². The summed E-state index contributed by atoms with van der Waals surface area (Å²) in [5.41, 5.74) is 3.71. The third-order valence-corrected chi connectivity index (χ3v) is 14.1. The normalized spacial score (nSPS) is 25.0. The number of aliphatic hydroxyl groups is 1. The Bertz CT molecular complexity index is 1740. The highest BCUT2D eigenvalue weighted by Crippen LogP contribution is 2.68. The van der Waals surface area contributed by atoms with E-state index >= 15 is 9.59 Å². The van der Waals surface area contributed by atoms with E-state index in [1.165, 1.54) is 0 Å². The average molecular weight is 786 g/mol. The topological polar surface area (TPSA) is 84.4 Å². The van der Waals surface area contributed by atoms with Crippen LogP contribution in [0, 0.1) is 11.8 Å². The molecule has 6 rings (SSSR count). The van der Waals surface area contributed by atoms with E-state index in [0.29, 0.717) is 31.6 Å². The molecule has 0 saturated carbocycles. The van der Waals surface area contributed by atoms with Gasteiger partial charge in [-0.05, 0) is 62.1 Å². The van der Waals surface area contributed by atoms with Crippen LogP contribution in [0.5, 0.6) is 0 Å². The number of hydrogen-bond donors (Lipinski definition) is 1. The van der Waals surface area contributed by atoms with Crippen LogP contribution in [-0.4, -0.2) is 92.3 Å². The van der Waals surface area contributed by atoms with Gasteiger partial charge in [0.15, 0.2) is 0 Å². The summed E-state index contributed by atoms with van der Waals surface area (Å²) < 4.78 is -0.884. The highest BCUT2D eigenvalue weighted by Gasteiger charge is 2.76. The molecule has 3 fully saturated rings. The summed E-state index contributed by atoms with van der Waals surface area (Å²) in [5, 5.41) is 10.8. The van der Waals surface area contributed by atoms with Crippen LogP contribution >= 0.6 is 27.7 Å². The SMILES string of the molecule is C=CCN(Cc1ccccc1)C(=O)[C@H]1[C@@H]2SC3(CC2Br)C(C(=O)N(CC=C)c2ccc(N(CC)CC)cc2)N([C@@H](CO)Cc2ccccc2)C(=O)[C@H]13. The first kappa shape index (κ1) is 37.9. The summed E-state index contributed by atoms with van der Waals surface area (Å²) in [6.45, 7) is 14.5. The summed E-state index contributed by atoms with van der Waals surface area (Å²) in [4.78, 5) is 52.6. The molecule has 3 aliphatic heterocycles. The second-order valence-electron chi connectivity index (χ2n) is 13.9. The van der Waals surface area contributed by atoms with Crippen LogP contribution in [0.4, 0.5) is 11.4 Å². The summed E-state index contributed by atoms with van der Waals surface area (Å²) in [7, 11) is 0. The molecule has 52 heavy (non-hydrogen) atoms. The number of aliphatic hydroxyl groups excluding tert-OH is 1. The number of benzene rings is 3. The van der Waals surface area contributed by atoms with Gasteiger partial charge in [0.2, 0.25) is 11.8 Å². The Morgan fingerprint density at radius 2 is 1.52 bits per heavy atom. The summed E-state index contributed by atoms with van der Waals surface area (Å²) in [5.74, 6) is -1.98. The van der Waals surface area contributed by atoms with Crippen LogP contribution in [0.2, 0.25) is 0 Å². The van der Waals surface area contributed by atoms with Gasteiger partial charge < -0.3 is 24.7 Å². The van der Waals surface area contributed by atoms with Crippen molar-refractivity contribution in [1.29, 1.82) is 0 Å². The van der Waals surface area contributed by atoms with Gasteiger partial charge >= 0.3 is 0 Å². The first-order valence-corrected chi connectivity index (χ1v) is 20.0. The fraction of sp³-hybridized carbons (Fsp3) is 0.405. The van der Waals surface area contributed by atoms with Crippen molar-refractivity contribution in [3.8, 4) is 0 Å². The Kier molecular flexibility index (Phi) is 12.0. The summed E-state index contributed by atoms with van der Waals surface area (Å²) in [6, 6.07) is 25.9. The summed E-state index contributed by atoms with van der Waals surface area (Å²) >= 11 is 5.54. The maximum atomic E-state index is 15.3. The zero-order valence-electron chi connectivity index (χ0n) is 30.0. The lowest BCUT2D eigenvalue weighted by atomic mass is 9.70. The number of carbonyl (C=O) groups excluding carboxylic acids is 3. The Morgan fingerprint density at radius 3 is 2.10 bits per heavy atom. The van der Waals surface area contributed by atoms with Gasteiger partial charge in [0.05, 0.1) is 29.2 Å². The molecule has 3 unspecified atom stereocenters. The lowest BCUT2D eigenvalue weighted by molar-refractivity contribution is -0.145. The number of thioether (sulfide) groups is 1. The molecule has 7 atom stereocenters. The van der Waals surface area contributed by atoms with Gasteiger partial charge in [-0.3, -0.25) is 14.4 Å². The number of halogens is 1. The first-order chi connectivity index (χ1) is 25.2. The smallest absolute Gasteiger partial charge is 0.251 e. The van der Waals surface area contributed by atoms with Gasteiger partial charge in [0.1, 0.15) is 6.04 Å². The Hall–Kier alpha value is -3.86. The van der Waals surface area contributed by atoms with Crippen molar-refractivity contribution in [3.63, 3.8) is 0 Å². The number of rotatable bonds is 16. The number of hydrogen-bond acceptors (Lipinski definition) is 6. The number of nitrogens with zero attached hydrogens (tertiary/aromatic N) is 4. The molecular weight excluding hydrogens is 736 g/mol. The van der Waals surface area contributed by atoms with Crippen LogP contribution in [0.1, 0.15) is 31.4 Å². The van der Waals surface area contributed by atoms with E-state index in [1.54, 1.807) is 38.6 Å². The molecule has 3 amide bonds. The van der Waals surface area contributed by atoms with Crippen LogP contribution in [-0.2, 0) is 27.3 Å². The molecule has 8 nitrogen and oxygen atoms in total. The molecule has 0 aliphatic carbocycles. The monoisotopic (exact) mass is 784 g/mol. The van der Waals surface area contributed by atoms with Crippen molar-refractivity contribution in [2.24, 2.45) is 11.8 Å². The molecule has 274 valence electrons. The number of likely N-dealkylation sites (tertiary alicyclic amines) is 1. The van der Waals surface area contributed by atoms with Crippen molar-refractivity contribution >= 4 is 56.8 Å². The maximum Gasteiger partial charge on any atom is 0.251 e. The van der Waals surface area contributed by atoms with Gasteiger partial charge in [0.25, 0.3) is 5.91 Å². The largest absolute Gasteiger partial charge is 0.394 e. The zero-order chi connectivity index (χ0) is 37.0. The zero-order valence-corrected chi connectivity index (χ0v) is 32.4. The van der Waals surface area contributed by atoms with Gasteiger partial charge in [0, 0.05) is 54.2 Å². The van der Waals surface area contributed by atoms with Crippen molar-refractivity contribution < 1.29 is 19.5 Å². The van der Waals surface area contributed by atoms with E-state index < -0.39 is 28.7 Å². The third kappa shape index (κ3) is 6.97. The standard InChI is InChI=1S/C42H49BrN4O4S/c1-5-23-45(27-30-17-13-10-14-18-30)39(49)35-36-40(50)47(33(28-48)25-29-15-11-9-12-16-29)38(42(36)26-34(43)37(35)52-42)41(51)46(24-6-2)32-21-19-31(20-22-32)44(7-3)8-4/h5-6,9-22,33-38,48H,1-2,7-8,23-28H2,3-4H3/t33-,34?,35-,36+,37-,38?,42?/m1/s1. The van der Waals surface area contributed by atoms with Crippen molar-refractivity contribution in [2.75, 3.05) is 42.6 Å². The second kappa shape index (κ2) is 16.4. The lowest BCUT2D eigenvalue weighted by Gasteiger charge is -2.40. The number of anilines is 2. The minimum atomic E-state index is -0.914.